The van der Waals surface area contributed by atoms with Crippen molar-refractivity contribution in [3.8, 4) is 0 Å². The average molecular weight is 272 g/mol. The minimum atomic E-state index is -0.406. The third kappa shape index (κ3) is 3.23. The standard InChI is InChI=1S/C14H16N4O2/c1-3-10-4-6-11(7-5-10)13(19)16-17-14(20)12-8-15-18(2)9-12/h4-9H,3H2,1-2H3,(H,16,19)(H,17,20). The lowest BCUT2D eigenvalue weighted by molar-refractivity contribution is 0.0846. The Morgan fingerprint density at radius 2 is 1.70 bits per heavy atom. The van der Waals surface area contributed by atoms with Crippen molar-refractivity contribution < 1.29 is 9.59 Å². The fraction of sp³-hybridized carbons (Fsp3) is 0.214. The quantitative estimate of drug-likeness (QED) is 0.820. The lowest BCUT2D eigenvalue weighted by atomic mass is 10.1. The predicted molar refractivity (Wildman–Crippen MR) is 74.0 cm³/mol. The van der Waals surface area contributed by atoms with Crippen LogP contribution < -0.4 is 10.9 Å². The number of rotatable bonds is 3. The molecule has 0 radical (unpaired) electrons. The molecule has 2 amide bonds. The van der Waals surface area contributed by atoms with Crippen LogP contribution in [-0.4, -0.2) is 21.6 Å². The summed E-state index contributed by atoms with van der Waals surface area (Å²) in [6.45, 7) is 2.04. The Bertz CT molecular complexity index is 616. The molecular formula is C14H16N4O2. The molecule has 0 aliphatic heterocycles. The smallest absolute Gasteiger partial charge is 0.272 e. The Morgan fingerprint density at radius 1 is 1.10 bits per heavy atom. The van der Waals surface area contributed by atoms with E-state index < -0.39 is 5.91 Å². The average Bonchev–Trinajstić information content (AvgIpc) is 2.91. The Kier molecular flexibility index (Phi) is 4.14. The van der Waals surface area contributed by atoms with E-state index >= 15 is 0 Å². The van der Waals surface area contributed by atoms with Crippen LogP contribution in [-0.2, 0) is 13.5 Å². The Balaban J connectivity index is 1.92. The Labute approximate surface area is 116 Å². The molecule has 2 rings (SSSR count). The summed E-state index contributed by atoms with van der Waals surface area (Å²) >= 11 is 0. The molecule has 20 heavy (non-hydrogen) atoms. The van der Waals surface area contributed by atoms with Crippen LogP contribution in [0.15, 0.2) is 36.7 Å². The van der Waals surface area contributed by atoms with Crippen LogP contribution in [0.2, 0.25) is 0 Å². The maximum Gasteiger partial charge on any atom is 0.272 e. The van der Waals surface area contributed by atoms with E-state index in [1.807, 2.05) is 19.1 Å². The summed E-state index contributed by atoms with van der Waals surface area (Å²) in [6.07, 6.45) is 3.91. The maximum absolute atomic E-state index is 11.8. The van der Waals surface area contributed by atoms with Gasteiger partial charge >= 0.3 is 0 Å². The number of carbonyl (C=O) groups is 2. The molecule has 6 heteroatoms. The zero-order valence-corrected chi connectivity index (χ0v) is 11.4. The number of hydrogen-bond acceptors (Lipinski definition) is 3. The molecule has 1 aromatic heterocycles. The monoisotopic (exact) mass is 272 g/mol. The SMILES string of the molecule is CCc1ccc(C(=O)NNC(=O)c2cnn(C)c2)cc1. The molecule has 1 heterocycles. The van der Waals surface area contributed by atoms with Gasteiger partial charge in [-0.1, -0.05) is 19.1 Å². The van der Waals surface area contributed by atoms with Crippen LogP contribution >= 0.6 is 0 Å². The van der Waals surface area contributed by atoms with Crippen molar-refractivity contribution in [2.24, 2.45) is 7.05 Å². The lowest BCUT2D eigenvalue weighted by Gasteiger charge is -2.06. The van der Waals surface area contributed by atoms with Crippen molar-refractivity contribution >= 4 is 11.8 Å². The number of nitrogens with one attached hydrogen (secondary N) is 2. The van der Waals surface area contributed by atoms with Gasteiger partial charge in [0.1, 0.15) is 0 Å². The van der Waals surface area contributed by atoms with Gasteiger partial charge in [0.2, 0.25) is 0 Å². The zero-order valence-electron chi connectivity index (χ0n) is 11.4. The summed E-state index contributed by atoms with van der Waals surface area (Å²) in [4.78, 5) is 23.6. The minimum absolute atomic E-state index is 0.357. The summed E-state index contributed by atoms with van der Waals surface area (Å²) in [6, 6.07) is 7.23. The van der Waals surface area contributed by atoms with Crippen LogP contribution in [0.3, 0.4) is 0 Å². The van der Waals surface area contributed by atoms with E-state index in [0.717, 1.165) is 12.0 Å². The third-order valence-electron chi connectivity index (χ3n) is 2.88. The molecule has 0 saturated heterocycles. The van der Waals surface area contributed by atoms with E-state index in [1.165, 1.54) is 10.9 Å². The highest BCUT2D eigenvalue weighted by atomic mass is 16.2. The van der Waals surface area contributed by atoms with Crippen molar-refractivity contribution in [2.75, 3.05) is 0 Å². The van der Waals surface area contributed by atoms with Crippen LogP contribution in [0.25, 0.3) is 0 Å². The zero-order chi connectivity index (χ0) is 14.5. The minimum Gasteiger partial charge on any atom is -0.275 e. The molecule has 0 saturated carbocycles. The molecule has 0 fully saturated rings. The van der Waals surface area contributed by atoms with Gasteiger partial charge in [0, 0.05) is 18.8 Å². The Morgan fingerprint density at radius 3 is 2.20 bits per heavy atom. The van der Waals surface area contributed by atoms with Gasteiger partial charge in [-0.15, -0.1) is 0 Å². The number of amides is 2. The van der Waals surface area contributed by atoms with E-state index in [0.29, 0.717) is 11.1 Å². The summed E-state index contributed by atoms with van der Waals surface area (Å²) in [5, 5.41) is 3.89. The first-order valence-corrected chi connectivity index (χ1v) is 6.28. The number of aromatic nitrogens is 2. The summed E-state index contributed by atoms with van der Waals surface area (Å²) < 4.78 is 1.51. The van der Waals surface area contributed by atoms with Crippen molar-refractivity contribution in [3.05, 3.63) is 53.3 Å². The molecule has 2 N–H and O–H groups in total. The van der Waals surface area contributed by atoms with Gasteiger partial charge in [-0.25, -0.2) is 0 Å². The molecule has 2 aromatic rings. The van der Waals surface area contributed by atoms with Gasteiger partial charge in [-0.3, -0.25) is 25.1 Å². The maximum atomic E-state index is 11.8. The van der Waals surface area contributed by atoms with Crippen molar-refractivity contribution in [2.45, 2.75) is 13.3 Å². The van der Waals surface area contributed by atoms with Crippen LogP contribution in [0, 0.1) is 0 Å². The van der Waals surface area contributed by atoms with E-state index in [-0.39, 0.29) is 5.91 Å². The highest BCUT2D eigenvalue weighted by molar-refractivity contribution is 5.98. The van der Waals surface area contributed by atoms with Crippen LogP contribution in [0.1, 0.15) is 33.2 Å². The molecule has 0 aliphatic rings. The molecule has 0 atom stereocenters. The largest absolute Gasteiger partial charge is 0.275 e. The fourth-order valence-corrected chi connectivity index (χ4v) is 1.69. The normalized spacial score (nSPS) is 10.1. The highest BCUT2D eigenvalue weighted by Crippen LogP contribution is 2.04. The van der Waals surface area contributed by atoms with Gasteiger partial charge in [0.25, 0.3) is 11.8 Å². The molecule has 0 aliphatic carbocycles. The van der Waals surface area contributed by atoms with Crippen molar-refractivity contribution in [1.29, 1.82) is 0 Å². The molecule has 0 unspecified atom stereocenters. The predicted octanol–water partition coefficient (Wildman–Crippen LogP) is 1.06. The van der Waals surface area contributed by atoms with E-state index in [1.54, 1.807) is 25.4 Å². The highest BCUT2D eigenvalue weighted by Gasteiger charge is 2.10. The topological polar surface area (TPSA) is 76.0 Å². The Hall–Kier alpha value is -2.63. The number of nitrogens with zero attached hydrogens (tertiary/aromatic N) is 2. The second-order valence-electron chi connectivity index (χ2n) is 4.36. The molecule has 0 spiro atoms. The summed E-state index contributed by atoms with van der Waals surface area (Å²) in [5.41, 5.74) is 6.75. The van der Waals surface area contributed by atoms with Gasteiger partial charge in [0.15, 0.2) is 0 Å². The molecule has 1 aromatic carbocycles. The summed E-state index contributed by atoms with van der Waals surface area (Å²) in [7, 11) is 1.71. The first-order chi connectivity index (χ1) is 9.60. The second kappa shape index (κ2) is 6.01. The number of aryl methyl sites for hydroxylation is 2. The first-order valence-electron chi connectivity index (χ1n) is 6.28. The van der Waals surface area contributed by atoms with Crippen molar-refractivity contribution in [1.82, 2.24) is 20.6 Å². The molecule has 104 valence electrons. The lowest BCUT2D eigenvalue weighted by Crippen LogP contribution is -2.41. The van der Waals surface area contributed by atoms with Crippen LogP contribution in [0.5, 0.6) is 0 Å². The van der Waals surface area contributed by atoms with Gasteiger partial charge in [0.05, 0.1) is 11.8 Å². The molecular weight excluding hydrogens is 256 g/mol. The number of hydrazine groups is 1. The van der Waals surface area contributed by atoms with Gasteiger partial charge < -0.3 is 0 Å². The third-order valence-corrected chi connectivity index (χ3v) is 2.88. The second-order valence-corrected chi connectivity index (χ2v) is 4.36. The number of carbonyl (C=O) groups excluding carboxylic acids is 2. The van der Waals surface area contributed by atoms with Gasteiger partial charge in [-0.2, -0.15) is 5.10 Å². The van der Waals surface area contributed by atoms with E-state index in [9.17, 15) is 9.59 Å². The van der Waals surface area contributed by atoms with Crippen LogP contribution in [0.4, 0.5) is 0 Å². The molecule has 6 nitrogen and oxygen atoms in total. The fourth-order valence-electron chi connectivity index (χ4n) is 1.69. The first kappa shape index (κ1) is 13.8. The number of benzene rings is 1. The van der Waals surface area contributed by atoms with E-state index in [2.05, 4.69) is 16.0 Å². The van der Waals surface area contributed by atoms with E-state index in [4.69, 9.17) is 0 Å². The molecule has 0 bridgehead atoms. The van der Waals surface area contributed by atoms with Gasteiger partial charge in [-0.05, 0) is 24.1 Å². The summed E-state index contributed by atoms with van der Waals surface area (Å²) in [5.74, 6) is -0.762. The van der Waals surface area contributed by atoms with Crippen molar-refractivity contribution in [3.63, 3.8) is 0 Å². The number of hydrogen-bond donors (Lipinski definition) is 2.